The van der Waals surface area contributed by atoms with Crippen LogP contribution >= 0.6 is 0 Å². The van der Waals surface area contributed by atoms with Gasteiger partial charge in [-0.25, -0.2) is 0 Å². The summed E-state index contributed by atoms with van der Waals surface area (Å²) in [5, 5.41) is 3.89. The van der Waals surface area contributed by atoms with Gasteiger partial charge in [-0.05, 0) is 18.2 Å². The quantitative estimate of drug-likeness (QED) is 0.528. The van der Waals surface area contributed by atoms with Crippen molar-refractivity contribution < 1.29 is 14.1 Å². The van der Waals surface area contributed by atoms with Gasteiger partial charge in [0.2, 0.25) is 17.3 Å². The molecule has 6 nitrogen and oxygen atoms in total. The van der Waals surface area contributed by atoms with Crippen LogP contribution in [0.2, 0.25) is 0 Å². The summed E-state index contributed by atoms with van der Waals surface area (Å²) in [6.07, 6.45) is 6.03. The minimum atomic E-state index is -0.352. The molecule has 6 heteroatoms. The molecule has 0 radical (unpaired) electrons. The predicted molar refractivity (Wildman–Crippen MR) is 70.8 cm³/mol. The van der Waals surface area contributed by atoms with Crippen molar-refractivity contribution in [2.75, 3.05) is 0 Å². The fraction of sp³-hybridized carbons (Fsp3) is 0. The first-order valence-corrected chi connectivity index (χ1v) is 6.21. The van der Waals surface area contributed by atoms with E-state index in [-0.39, 0.29) is 28.5 Å². The molecule has 3 aromatic heterocycles. The second kappa shape index (κ2) is 4.17. The third kappa shape index (κ3) is 1.56. The highest BCUT2D eigenvalue weighted by molar-refractivity contribution is 6.28. The normalized spacial score (nSPS) is 13.0. The molecule has 0 aromatic carbocycles. The van der Waals surface area contributed by atoms with Crippen molar-refractivity contribution >= 4 is 11.6 Å². The van der Waals surface area contributed by atoms with Gasteiger partial charge in [-0.15, -0.1) is 0 Å². The summed E-state index contributed by atoms with van der Waals surface area (Å²) < 4.78 is 5.12. The van der Waals surface area contributed by atoms with Gasteiger partial charge >= 0.3 is 0 Å². The van der Waals surface area contributed by atoms with Crippen LogP contribution in [-0.4, -0.2) is 26.7 Å². The molecule has 0 spiro atoms. The Hall–Kier alpha value is -3.15. The Kier molecular flexibility index (Phi) is 2.32. The van der Waals surface area contributed by atoms with E-state index in [2.05, 4.69) is 15.1 Å². The van der Waals surface area contributed by atoms with Gasteiger partial charge in [0.05, 0.1) is 5.56 Å². The zero-order valence-electron chi connectivity index (χ0n) is 10.6. The van der Waals surface area contributed by atoms with E-state index in [0.29, 0.717) is 16.8 Å². The van der Waals surface area contributed by atoms with Gasteiger partial charge in [-0.2, -0.15) is 0 Å². The van der Waals surface area contributed by atoms with E-state index in [1.165, 1.54) is 18.5 Å². The van der Waals surface area contributed by atoms with E-state index in [0.717, 1.165) is 0 Å². The fourth-order valence-electron chi connectivity index (χ4n) is 2.39. The van der Waals surface area contributed by atoms with Crippen molar-refractivity contribution in [1.29, 1.82) is 0 Å². The van der Waals surface area contributed by atoms with Crippen LogP contribution in [0.3, 0.4) is 0 Å². The molecule has 0 saturated carbocycles. The average Bonchev–Trinajstić information content (AvgIpc) is 2.99. The standard InChI is InChI=1S/C15H7N3O3/c19-13-10-7-17-6-3-9(10)14(20)15-11(13)12(18-21-15)8-1-4-16-5-2-8/h1-7H. The van der Waals surface area contributed by atoms with Gasteiger partial charge in [0, 0.05) is 35.9 Å². The number of carbonyl (C=O) groups is 2. The molecule has 0 amide bonds. The number of nitrogens with zero attached hydrogens (tertiary/aromatic N) is 3. The van der Waals surface area contributed by atoms with E-state index < -0.39 is 0 Å². The third-order valence-corrected chi connectivity index (χ3v) is 3.39. The van der Waals surface area contributed by atoms with Crippen LogP contribution in [0, 0.1) is 0 Å². The number of aromatic nitrogens is 3. The molecular weight excluding hydrogens is 270 g/mol. The molecule has 4 rings (SSSR count). The third-order valence-electron chi connectivity index (χ3n) is 3.39. The number of rotatable bonds is 1. The van der Waals surface area contributed by atoms with Crippen molar-refractivity contribution in [1.82, 2.24) is 15.1 Å². The molecule has 0 saturated heterocycles. The lowest BCUT2D eigenvalue weighted by Crippen LogP contribution is -2.20. The van der Waals surface area contributed by atoms with Crippen LogP contribution in [-0.2, 0) is 0 Å². The molecule has 3 heterocycles. The maximum absolute atomic E-state index is 12.6. The van der Waals surface area contributed by atoms with E-state index in [1.807, 2.05) is 0 Å². The van der Waals surface area contributed by atoms with E-state index in [1.54, 1.807) is 24.5 Å². The molecule has 0 atom stereocenters. The van der Waals surface area contributed by atoms with Crippen LogP contribution in [0.25, 0.3) is 11.3 Å². The molecule has 3 aromatic rings. The molecule has 0 bridgehead atoms. The summed E-state index contributed by atoms with van der Waals surface area (Å²) in [6.45, 7) is 0. The summed E-state index contributed by atoms with van der Waals surface area (Å²) >= 11 is 0. The largest absolute Gasteiger partial charge is 0.351 e. The van der Waals surface area contributed by atoms with Gasteiger partial charge in [0.25, 0.3) is 0 Å². The summed E-state index contributed by atoms with van der Waals surface area (Å²) in [5.74, 6) is -0.680. The van der Waals surface area contributed by atoms with E-state index in [9.17, 15) is 9.59 Å². The van der Waals surface area contributed by atoms with Crippen molar-refractivity contribution in [2.45, 2.75) is 0 Å². The first-order chi connectivity index (χ1) is 10.3. The van der Waals surface area contributed by atoms with Gasteiger partial charge in [0.1, 0.15) is 11.3 Å². The predicted octanol–water partition coefficient (Wildman–Crippen LogP) is 1.91. The smallest absolute Gasteiger partial charge is 0.232 e. The van der Waals surface area contributed by atoms with Gasteiger partial charge in [-0.1, -0.05) is 5.16 Å². The Morgan fingerprint density at radius 3 is 2.43 bits per heavy atom. The fourth-order valence-corrected chi connectivity index (χ4v) is 2.39. The molecule has 0 aliphatic heterocycles. The van der Waals surface area contributed by atoms with Crippen LogP contribution in [0.1, 0.15) is 32.0 Å². The topological polar surface area (TPSA) is 86.0 Å². The Morgan fingerprint density at radius 1 is 0.857 bits per heavy atom. The van der Waals surface area contributed by atoms with Crippen LogP contribution < -0.4 is 0 Å². The Bertz CT molecular complexity index is 884. The zero-order chi connectivity index (χ0) is 14.4. The Balaban J connectivity index is 1.98. The summed E-state index contributed by atoms with van der Waals surface area (Å²) in [7, 11) is 0. The van der Waals surface area contributed by atoms with Gasteiger partial charge in [-0.3, -0.25) is 19.6 Å². The maximum atomic E-state index is 12.6. The number of hydrogen-bond acceptors (Lipinski definition) is 6. The highest BCUT2D eigenvalue weighted by atomic mass is 16.5. The number of ketones is 2. The minimum absolute atomic E-state index is 0.0227. The lowest BCUT2D eigenvalue weighted by molar-refractivity contribution is 0.0954. The van der Waals surface area contributed by atoms with Crippen LogP contribution in [0.5, 0.6) is 0 Å². The molecule has 1 aliphatic carbocycles. The van der Waals surface area contributed by atoms with Crippen LogP contribution in [0.15, 0.2) is 47.5 Å². The molecule has 21 heavy (non-hydrogen) atoms. The average molecular weight is 277 g/mol. The molecule has 0 unspecified atom stereocenters. The molecule has 100 valence electrons. The van der Waals surface area contributed by atoms with Crippen molar-refractivity contribution in [2.24, 2.45) is 0 Å². The molecule has 1 aliphatic rings. The number of carbonyl (C=O) groups excluding carboxylic acids is 2. The van der Waals surface area contributed by atoms with E-state index in [4.69, 9.17) is 4.52 Å². The highest BCUT2D eigenvalue weighted by Gasteiger charge is 2.36. The molecular formula is C15H7N3O3. The zero-order valence-corrected chi connectivity index (χ0v) is 10.6. The summed E-state index contributed by atoms with van der Waals surface area (Å²) in [5.41, 5.74) is 1.77. The van der Waals surface area contributed by atoms with E-state index >= 15 is 0 Å². The van der Waals surface area contributed by atoms with Gasteiger partial charge < -0.3 is 4.52 Å². The minimum Gasteiger partial charge on any atom is -0.351 e. The first-order valence-electron chi connectivity index (χ1n) is 6.21. The SMILES string of the molecule is O=C1c2ccncc2C(=O)c2c(-c3ccncc3)noc21. The first kappa shape index (κ1) is 11.7. The number of fused-ring (bicyclic) bond motifs is 2. The lowest BCUT2D eigenvalue weighted by atomic mass is 9.87. The van der Waals surface area contributed by atoms with Crippen molar-refractivity contribution in [3.63, 3.8) is 0 Å². The lowest BCUT2D eigenvalue weighted by Gasteiger charge is -2.11. The summed E-state index contributed by atoms with van der Waals surface area (Å²) in [4.78, 5) is 32.8. The highest BCUT2D eigenvalue weighted by Crippen LogP contribution is 2.33. The number of hydrogen-bond donors (Lipinski definition) is 0. The summed E-state index contributed by atoms with van der Waals surface area (Å²) in [6, 6.07) is 4.91. The molecule has 0 N–H and O–H groups in total. The second-order valence-corrected chi connectivity index (χ2v) is 4.55. The second-order valence-electron chi connectivity index (χ2n) is 4.55. The van der Waals surface area contributed by atoms with Crippen LogP contribution in [0.4, 0.5) is 0 Å². The maximum Gasteiger partial charge on any atom is 0.232 e. The monoisotopic (exact) mass is 277 g/mol. The van der Waals surface area contributed by atoms with Gasteiger partial charge in [0.15, 0.2) is 0 Å². The van der Waals surface area contributed by atoms with Crippen molar-refractivity contribution in [3.8, 4) is 11.3 Å². The molecule has 0 fully saturated rings. The van der Waals surface area contributed by atoms with Crippen molar-refractivity contribution in [3.05, 3.63) is 65.4 Å². The Morgan fingerprint density at radius 2 is 1.62 bits per heavy atom. The Labute approximate surface area is 118 Å². The number of pyridine rings is 2.